The summed E-state index contributed by atoms with van der Waals surface area (Å²) in [5, 5.41) is 13.2. The van der Waals surface area contributed by atoms with Crippen molar-refractivity contribution in [1.82, 2.24) is 10.3 Å². The van der Waals surface area contributed by atoms with E-state index in [-0.39, 0.29) is 0 Å². The Bertz CT molecular complexity index is 333. The molecule has 0 aromatic carbocycles. The molecule has 2 N–H and O–H groups in total. The van der Waals surface area contributed by atoms with E-state index >= 15 is 0 Å². The van der Waals surface area contributed by atoms with Crippen LogP contribution in [0.4, 0.5) is 4.39 Å². The van der Waals surface area contributed by atoms with Gasteiger partial charge < -0.3 is 10.4 Å². The molecule has 0 bridgehead atoms. The van der Waals surface area contributed by atoms with E-state index < -0.39 is 11.8 Å². The highest BCUT2D eigenvalue weighted by atomic mass is 32.1. The van der Waals surface area contributed by atoms with E-state index in [0.29, 0.717) is 11.6 Å². The Morgan fingerprint density at radius 1 is 1.60 bits per heavy atom. The van der Waals surface area contributed by atoms with Crippen molar-refractivity contribution in [3.05, 3.63) is 15.6 Å². The summed E-state index contributed by atoms with van der Waals surface area (Å²) in [7, 11) is 1.84. The molecule has 0 aliphatic carbocycles. The van der Waals surface area contributed by atoms with Crippen LogP contribution in [0.1, 0.15) is 35.5 Å². The van der Waals surface area contributed by atoms with E-state index in [9.17, 15) is 9.50 Å². The van der Waals surface area contributed by atoms with Gasteiger partial charge in [0.2, 0.25) is 0 Å². The first-order valence-corrected chi connectivity index (χ1v) is 5.65. The number of rotatable bonds is 4. The molecule has 0 spiro atoms. The highest BCUT2D eigenvalue weighted by Gasteiger charge is 2.31. The van der Waals surface area contributed by atoms with Crippen LogP contribution in [0.2, 0.25) is 0 Å². The Kier molecular flexibility index (Phi) is 3.81. The fourth-order valence-corrected chi connectivity index (χ4v) is 2.42. The van der Waals surface area contributed by atoms with Gasteiger partial charge >= 0.3 is 0 Å². The molecule has 1 aromatic heterocycles. The first-order valence-electron chi connectivity index (χ1n) is 4.84. The third kappa shape index (κ3) is 2.96. The largest absolute Gasteiger partial charge is 0.383 e. The first kappa shape index (κ1) is 12.5. The van der Waals surface area contributed by atoms with E-state index in [1.165, 1.54) is 25.2 Å². The number of thiazole rings is 1. The molecule has 0 radical (unpaired) electrons. The lowest BCUT2D eigenvalue weighted by atomic mass is 10.1. The molecule has 0 saturated carbocycles. The molecule has 3 nitrogen and oxygen atoms in total. The van der Waals surface area contributed by atoms with Crippen LogP contribution in [-0.4, -0.2) is 22.8 Å². The second-order valence-corrected chi connectivity index (χ2v) is 5.17. The molecule has 1 atom stereocenters. The van der Waals surface area contributed by atoms with Crippen molar-refractivity contribution in [1.29, 1.82) is 0 Å². The van der Waals surface area contributed by atoms with Gasteiger partial charge in [-0.25, -0.2) is 9.37 Å². The number of hydrogen-bond acceptors (Lipinski definition) is 4. The number of aryl methyl sites for hydroxylation is 1. The molecular weight excluding hydrogens is 215 g/mol. The third-order valence-corrected chi connectivity index (χ3v) is 3.34. The number of halogens is 1. The van der Waals surface area contributed by atoms with Gasteiger partial charge in [-0.1, -0.05) is 0 Å². The minimum atomic E-state index is -1.65. The SMILES string of the molecule is CNCc1sc(C(O)C(C)(C)F)nc1C. The van der Waals surface area contributed by atoms with Crippen molar-refractivity contribution >= 4 is 11.3 Å². The normalized spacial score (nSPS) is 14.3. The number of nitrogens with one attached hydrogen (secondary N) is 1. The standard InChI is InChI=1S/C10H17FN2OS/c1-6-7(5-12-4)15-9(13-6)8(14)10(2,3)11/h8,12,14H,5H2,1-4H3. The van der Waals surface area contributed by atoms with Gasteiger partial charge in [0, 0.05) is 11.4 Å². The van der Waals surface area contributed by atoms with Crippen molar-refractivity contribution in [3.8, 4) is 0 Å². The van der Waals surface area contributed by atoms with Gasteiger partial charge in [0.25, 0.3) is 0 Å². The zero-order valence-corrected chi connectivity index (χ0v) is 10.3. The summed E-state index contributed by atoms with van der Waals surface area (Å²) in [6.45, 7) is 5.27. The van der Waals surface area contributed by atoms with Crippen molar-refractivity contribution < 1.29 is 9.50 Å². The zero-order valence-electron chi connectivity index (χ0n) is 9.47. The van der Waals surface area contributed by atoms with Gasteiger partial charge in [-0.3, -0.25) is 0 Å². The van der Waals surface area contributed by atoms with Crippen LogP contribution in [0.3, 0.4) is 0 Å². The zero-order chi connectivity index (χ0) is 11.6. The molecule has 1 rings (SSSR count). The highest BCUT2D eigenvalue weighted by Crippen LogP contribution is 2.32. The smallest absolute Gasteiger partial charge is 0.139 e. The monoisotopic (exact) mass is 232 g/mol. The lowest BCUT2D eigenvalue weighted by molar-refractivity contribution is 0.0159. The van der Waals surface area contributed by atoms with E-state index in [2.05, 4.69) is 10.3 Å². The highest BCUT2D eigenvalue weighted by molar-refractivity contribution is 7.11. The van der Waals surface area contributed by atoms with Crippen molar-refractivity contribution in [3.63, 3.8) is 0 Å². The summed E-state index contributed by atoms with van der Waals surface area (Å²) in [5.74, 6) is 0. The second kappa shape index (κ2) is 4.55. The van der Waals surface area contributed by atoms with Crippen molar-refractivity contribution in [2.75, 3.05) is 7.05 Å². The van der Waals surface area contributed by atoms with E-state index in [4.69, 9.17) is 0 Å². The predicted octanol–water partition coefficient (Wildman–Crippen LogP) is 1.95. The van der Waals surface area contributed by atoms with Crippen LogP contribution in [0.5, 0.6) is 0 Å². The van der Waals surface area contributed by atoms with Gasteiger partial charge in [0.05, 0.1) is 5.69 Å². The number of hydrogen-bond donors (Lipinski definition) is 2. The van der Waals surface area contributed by atoms with Crippen LogP contribution in [0, 0.1) is 6.92 Å². The lowest BCUT2D eigenvalue weighted by Gasteiger charge is -2.19. The molecule has 1 aromatic rings. The van der Waals surface area contributed by atoms with Crippen molar-refractivity contribution in [2.45, 2.75) is 39.1 Å². The summed E-state index contributed by atoms with van der Waals surface area (Å²) in [6, 6.07) is 0. The minimum absolute atomic E-state index is 0.449. The number of nitrogens with zero attached hydrogens (tertiary/aromatic N) is 1. The fourth-order valence-electron chi connectivity index (χ4n) is 1.19. The maximum absolute atomic E-state index is 13.5. The quantitative estimate of drug-likeness (QED) is 0.834. The average Bonchev–Trinajstić information content (AvgIpc) is 2.46. The summed E-state index contributed by atoms with van der Waals surface area (Å²) in [4.78, 5) is 5.22. The first-order chi connectivity index (χ1) is 6.86. The van der Waals surface area contributed by atoms with Crippen LogP contribution >= 0.6 is 11.3 Å². The maximum atomic E-state index is 13.5. The number of aromatic nitrogens is 1. The molecule has 1 unspecified atom stereocenters. The predicted molar refractivity (Wildman–Crippen MR) is 59.8 cm³/mol. The average molecular weight is 232 g/mol. The van der Waals surface area contributed by atoms with Gasteiger partial charge in [0.1, 0.15) is 16.8 Å². The fraction of sp³-hybridized carbons (Fsp3) is 0.700. The molecule has 0 aliphatic rings. The Balaban J connectivity index is 2.92. The number of aliphatic hydroxyl groups is 1. The van der Waals surface area contributed by atoms with E-state index in [0.717, 1.165) is 10.6 Å². The Labute approximate surface area is 93.4 Å². The number of aliphatic hydroxyl groups excluding tert-OH is 1. The van der Waals surface area contributed by atoms with Gasteiger partial charge in [-0.05, 0) is 27.8 Å². The summed E-state index contributed by atoms with van der Waals surface area (Å²) < 4.78 is 13.5. The molecule has 0 saturated heterocycles. The van der Waals surface area contributed by atoms with Gasteiger partial charge in [-0.15, -0.1) is 11.3 Å². The summed E-state index contributed by atoms with van der Waals surface area (Å²) in [6.07, 6.45) is -1.15. The van der Waals surface area contributed by atoms with Crippen LogP contribution in [0.15, 0.2) is 0 Å². The Morgan fingerprint density at radius 2 is 2.20 bits per heavy atom. The molecule has 0 aliphatic heterocycles. The minimum Gasteiger partial charge on any atom is -0.383 e. The van der Waals surface area contributed by atoms with E-state index in [1.54, 1.807) is 0 Å². The summed E-state index contributed by atoms with van der Waals surface area (Å²) >= 11 is 1.36. The van der Waals surface area contributed by atoms with Crippen LogP contribution < -0.4 is 5.32 Å². The van der Waals surface area contributed by atoms with Crippen LogP contribution in [0.25, 0.3) is 0 Å². The summed E-state index contributed by atoms with van der Waals surface area (Å²) in [5.41, 5.74) is -0.797. The molecule has 1 heterocycles. The van der Waals surface area contributed by atoms with Gasteiger partial charge in [-0.2, -0.15) is 0 Å². The van der Waals surface area contributed by atoms with Gasteiger partial charge in [0.15, 0.2) is 0 Å². The molecule has 86 valence electrons. The third-order valence-electron chi connectivity index (χ3n) is 2.13. The Hall–Kier alpha value is -0.520. The maximum Gasteiger partial charge on any atom is 0.139 e. The molecule has 5 heteroatoms. The van der Waals surface area contributed by atoms with Crippen LogP contribution in [-0.2, 0) is 6.54 Å². The molecule has 15 heavy (non-hydrogen) atoms. The van der Waals surface area contributed by atoms with E-state index in [1.807, 2.05) is 14.0 Å². The Morgan fingerprint density at radius 3 is 2.67 bits per heavy atom. The molecule has 0 amide bonds. The molecule has 0 fully saturated rings. The second-order valence-electron chi connectivity index (χ2n) is 4.06. The lowest BCUT2D eigenvalue weighted by Crippen LogP contribution is -2.23. The number of alkyl halides is 1. The molecular formula is C10H17FN2OS. The van der Waals surface area contributed by atoms with Crippen molar-refractivity contribution in [2.24, 2.45) is 0 Å². The topological polar surface area (TPSA) is 45.1 Å².